The lowest BCUT2D eigenvalue weighted by molar-refractivity contribution is 0.0195. The third-order valence-electron chi connectivity index (χ3n) is 4.69. The van der Waals surface area contributed by atoms with Gasteiger partial charge in [0.05, 0.1) is 19.8 Å². The molecule has 0 spiro atoms. The Hall–Kier alpha value is -0.890. The molecular weight excluding hydrogens is 294 g/mol. The number of aliphatic imine (C=N–C) groups is 1. The number of nitrogens with one attached hydrogen (secondary N) is 1. The van der Waals surface area contributed by atoms with Crippen molar-refractivity contribution in [2.75, 3.05) is 86.8 Å². The molecule has 0 saturated carbocycles. The molecule has 0 amide bonds. The molecule has 134 valence electrons. The van der Waals surface area contributed by atoms with E-state index < -0.39 is 0 Å². The largest absolute Gasteiger partial charge is 0.383 e. The Labute approximate surface area is 140 Å². The van der Waals surface area contributed by atoms with Crippen LogP contribution in [-0.4, -0.2) is 114 Å². The minimum atomic E-state index is 0.641. The highest BCUT2D eigenvalue weighted by Crippen LogP contribution is 2.16. The molecule has 0 aromatic rings. The highest BCUT2D eigenvalue weighted by atomic mass is 16.5. The number of hydrogen-bond donors (Lipinski definition) is 1. The van der Waals surface area contributed by atoms with Crippen LogP contribution < -0.4 is 5.32 Å². The number of guanidine groups is 1. The number of morpholine rings is 1. The summed E-state index contributed by atoms with van der Waals surface area (Å²) >= 11 is 0. The second-order valence-electron chi connectivity index (χ2n) is 6.31. The van der Waals surface area contributed by atoms with Crippen molar-refractivity contribution in [3.63, 3.8) is 0 Å². The summed E-state index contributed by atoms with van der Waals surface area (Å²) in [6, 6.07) is 0.641. The average molecular weight is 327 g/mol. The van der Waals surface area contributed by atoms with Crippen LogP contribution in [0.15, 0.2) is 4.99 Å². The SMILES string of the molecule is CN=C(NCCN(C)CCOC)N1CCC(N2CCOCC2)C1. The number of likely N-dealkylation sites (N-methyl/N-ethyl adjacent to an activating group) is 1. The fourth-order valence-electron chi connectivity index (χ4n) is 3.22. The van der Waals surface area contributed by atoms with Crippen molar-refractivity contribution in [1.29, 1.82) is 0 Å². The van der Waals surface area contributed by atoms with E-state index in [0.29, 0.717) is 6.04 Å². The van der Waals surface area contributed by atoms with Gasteiger partial charge >= 0.3 is 0 Å². The maximum Gasteiger partial charge on any atom is 0.193 e. The molecule has 2 heterocycles. The maximum absolute atomic E-state index is 5.45. The van der Waals surface area contributed by atoms with E-state index in [4.69, 9.17) is 9.47 Å². The summed E-state index contributed by atoms with van der Waals surface area (Å²) in [5.74, 6) is 1.03. The Morgan fingerprint density at radius 2 is 2.09 bits per heavy atom. The van der Waals surface area contributed by atoms with Gasteiger partial charge in [0, 0.05) is 66.0 Å². The summed E-state index contributed by atoms with van der Waals surface area (Å²) < 4.78 is 10.6. The van der Waals surface area contributed by atoms with Gasteiger partial charge < -0.3 is 24.6 Å². The fourth-order valence-corrected chi connectivity index (χ4v) is 3.22. The van der Waals surface area contributed by atoms with Gasteiger partial charge in [0.2, 0.25) is 0 Å². The molecule has 2 aliphatic heterocycles. The van der Waals surface area contributed by atoms with E-state index >= 15 is 0 Å². The van der Waals surface area contributed by atoms with Gasteiger partial charge in [0.25, 0.3) is 0 Å². The molecule has 23 heavy (non-hydrogen) atoms. The maximum atomic E-state index is 5.45. The van der Waals surface area contributed by atoms with E-state index in [1.54, 1.807) is 7.11 Å². The van der Waals surface area contributed by atoms with Gasteiger partial charge in [-0.3, -0.25) is 9.89 Å². The molecule has 0 bridgehead atoms. The normalized spacial score (nSPS) is 23.7. The third kappa shape index (κ3) is 5.91. The lowest BCUT2D eigenvalue weighted by Gasteiger charge is -2.32. The van der Waals surface area contributed by atoms with Crippen LogP contribution in [0.4, 0.5) is 0 Å². The van der Waals surface area contributed by atoms with Crippen molar-refractivity contribution in [1.82, 2.24) is 20.0 Å². The average Bonchev–Trinajstić information content (AvgIpc) is 3.07. The van der Waals surface area contributed by atoms with Gasteiger partial charge in [-0.2, -0.15) is 0 Å². The van der Waals surface area contributed by atoms with Gasteiger partial charge in [-0.15, -0.1) is 0 Å². The predicted molar refractivity (Wildman–Crippen MR) is 93.1 cm³/mol. The lowest BCUT2D eigenvalue weighted by atomic mass is 10.2. The minimum Gasteiger partial charge on any atom is -0.383 e. The zero-order chi connectivity index (χ0) is 16.5. The molecule has 0 radical (unpaired) electrons. The Bertz CT molecular complexity index is 360. The smallest absolute Gasteiger partial charge is 0.193 e. The Morgan fingerprint density at radius 3 is 2.78 bits per heavy atom. The second-order valence-corrected chi connectivity index (χ2v) is 6.31. The van der Waals surface area contributed by atoms with Crippen molar-refractivity contribution < 1.29 is 9.47 Å². The molecule has 7 heteroatoms. The molecule has 2 saturated heterocycles. The number of rotatable bonds is 7. The van der Waals surface area contributed by atoms with Crippen LogP contribution in [0.2, 0.25) is 0 Å². The van der Waals surface area contributed by atoms with Crippen LogP contribution in [0, 0.1) is 0 Å². The number of likely N-dealkylation sites (tertiary alicyclic amines) is 1. The van der Waals surface area contributed by atoms with Gasteiger partial charge in [-0.05, 0) is 13.5 Å². The van der Waals surface area contributed by atoms with Crippen molar-refractivity contribution in [3.8, 4) is 0 Å². The van der Waals surface area contributed by atoms with Gasteiger partial charge in [0.15, 0.2) is 5.96 Å². The summed E-state index contributed by atoms with van der Waals surface area (Å²) in [5, 5.41) is 3.49. The first-order valence-corrected chi connectivity index (χ1v) is 8.69. The number of ether oxygens (including phenoxy) is 2. The van der Waals surface area contributed by atoms with Crippen LogP contribution in [0.25, 0.3) is 0 Å². The lowest BCUT2D eigenvalue weighted by Crippen LogP contribution is -2.47. The summed E-state index contributed by atoms with van der Waals surface area (Å²) in [4.78, 5) is 11.7. The van der Waals surface area contributed by atoms with Crippen molar-refractivity contribution in [2.45, 2.75) is 12.5 Å². The van der Waals surface area contributed by atoms with Crippen molar-refractivity contribution in [2.24, 2.45) is 4.99 Å². The number of hydrogen-bond acceptors (Lipinski definition) is 5. The monoisotopic (exact) mass is 327 g/mol. The summed E-state index contributed by atoms with van der Waals surface area (Å²) in [7, 11) is 5.74. The molecule has 2 rings (SSSR count). The zero-order valence-electron chi connectivity index (χ0n) is 15.0. The van der Waals surface area contributed by atoms with Crippen molar-refractivity contribution in [3.05, 3.63) is 0 Å². The summed E-state index contributed by atoms with van der Waals surface area (Å²) in [6.07, 6.45) is 1.22. The molecule has 0 aromatic carbocycles. The van der Waals surface area contributed by atoms with Crippen molar-refractivity contribution >= 4 is 5.96 Å². The summed E-state index contributed by atoms with van der Waals surface area (Å²) in [5.41, 5.74) is 0. The molecule has 0 aromatic heterocycles. The Kier molecular flexibility index (Phi) is 8.08. The first-order chi connectivity index (χ1) is 11.2. The minimum absolute atomic E-state index is 0.641. The number of methoxy groups -OCH3 is 1. The standard InChI is InChI=1S/C16H33N5O2/c1-17-16(18-5-7-19(2)8-11-22-3)21-6-4-15(14-21)20-9-12-23-13-10-20/h15H,4-14H2,1-3H3,(H,17,18). The predicted octanol–water partition coefficient (Wildman–Crippen LogP) is -0.453. The van der Waals surface area contributed by atoms with Gasteiger partial charge in [0.1, 0.15) is 0 Å². The van der Waals surface area contributed by atoms with Crippen LogP contribution in [-0.2, 0) is 9.47 Å². The molecule has 7 nitrogen and oxygen atoms in total. The van der Waals surface area contributed by atoms with Crippen LogP contribution in [0.1, 0.15) is 6.42 Å². The third-order valence-corrected chi connectivity index (χ3v) is 4.69. The van der Waals surface area contributed by atoms with Crippen LogP contribution in [0.3, 0.4) is 0 Å². The van der Waals surface area contributed by atoms with Crippen LogP contribution >= 0.6 is 0 Å². The molecule has 0 aliphatic carbocycles. The van der Waals surface area contributed by atoms with E-state index in [2.05, 4.69) is 32.1 Å². The van der Waals surface area contributed by atoms with Gasteiger partial charge in [-0.1, -0.05) is 0 Å². The molecule has 1 N–H and O–H groups in total. The van der Waals surface area contributed by atoms with E-state index in [9.17, 15) is 0 Å². The van der Waals surface area contributed by atoms with Crippen LogP contribution in [0.5, 0.6) is 0 Å². The van der Waals surface area contributed by atoms with Gasteiger partial charge in [-0.25, -0.2) is 0 Å². The molecule has 1 unspecified atom stereocenters. The van der Waals surface area contributed by atoms with E-state index in [1.807, 2.05) is 7.05 Å². The number of nitrogens with zero attached hydrogens (tertiary/aromatic N) is 4. The molecule has 2 fully saturated rings. The first kappa shape index (κ1) is 18.4. The van der Waals surface area contributed by atoms with E-state index in [0.717, 1.165) is 71.6 Å². The summed E-state index contributed by atoms with van der Waals surface area (Å²) in [6.45, 7) is 9.66. The fraction of sp³-hybridized carbons (Fsp3) is 0.938. The molecule has 1 atom stereocenters. The molecular formula is C16H33N5O2. The quantitative estimate of drug-likeness (QED) is 0.505. The Balaban J connectivity index is 1.69. The molecule has 2 aliphatic rings. The highest BCUT2D eigenvalue weighted by molar-refractivity contribution is 5.80. The van der Waals surface area contributed by atoms with E-state index in [-0.39, 0.29) is 0 Å². The first-order valence-electron chi connectivity index (χ1n) is 8.69. The topological polar surface area (TPSA) is 52.6 Å². The van der Waals surface area contributed by atoms with E-state index in [1.165, 1.54) is 6.42 Å². The zero-order valence-corrected chi connectivity index (χ0v) is 15.0. The second kappa shape index (κ2) is 10.1. The Morgan fingerprint density at radius 1 is 1.30 bits per heavy atom. The highest BCUT2D eigenvalue weighted by Gasteiger charge is 2.30.